The molecule has 0 spiro atoms. The third-order valence-electron chi connectivity index (χ3n) is 5.49. The van der Waals surface area contributed by atoms with Gasteiger partial charge >= 0.3 is 11.9 Å². The van der Waals surface area contributed by atoms with Crippen molar-refractivity contribution in [2.24, 2.45) is 0 Å². The van der Waals surface area contributed by atoms with E-state index in [9.17, 15) is 9.59 Å². The highest BCUT2D eigenvalue weighted by atomic mass is 16.5. The van der Waals surface area contributed by atoms with E-state index in [0.717, 1.165) is 53.0 Å². The summed E-state index contributed by atoms with van der Waals surface area (Å²) in [6, 6.07) is 17.2. The van der Waals surface area contributed by atoms with Gasteiger partial charge in [0.05, 0.1) is 18.3 Å². The average molecular weight is 461 g/mol. The van der Waals surface area contributed by atoms with Crippen molar-refractivity contribution in [1.82, 2.24) is 0 Å². The molecule has 0 heterocycles. The minimum atomic E-state index is -0.411. The number of benzene rings is 3. The van der Waals surface area contributed by atoms with Crippen molar-refractivity contribution in [2.75, 3.05) is 6.61 Å². The number of carbonyl (C=O) groups excluding carboxylic acids is 2. The highest BCUT2D eigenvalue weighted by Gasteiger charge is 2.13. The van der Waals surface area contributed by atoms with Crippen LogP contribution in [0.5, 0.6) is 11.5 Å². The van der Waals surface area contributed by atoms with Crippen LogP contribution in [0.2, 0.25) is 0 Å². The fourth-order valence-corrected chi connectivity index (χ4v) is 3.75. The van der Waals surface area contributed by atoms with Crippen LogP contribution in [0.15, 0.2) is 67.3 Å². The summed E-state index contributed by atoms with van der Waals surface area (Å²) in [6.45, 7) is 9.85. The van der Waals surface area contributed by atoms with E-state index in [-0.39, 0.29) is 12.1 Å². The minimum Gasteiger partial charge on any atom is -0.491 e. The number of hydrogen-bond acceptors (Lipinski definition) is 5. The molecule has 0 aliphatic rings. The molecule has 0 fully saturated rings. The number of aryl methyl sites for hydroxylation is 2. The number of ether oxygens (including phenoxy) is 3. The Kier molecular flexibility index (Phi) is 8.86. The molecule has 0 radical (unpaired) electrons. The molecule has 0 saturated carbocycles. The van der Waals surface area contributed by atoms with E-state index in [4.69, 9.17) is 14.2 Å². The molecule has 0 bridgehead atoms. The average Bonchev–Trinajstić information content (AvgIpc) is 2.83. The number of fused-ring (bicyclic) bond motifs is 1. The van der Waals surface area contributed by atoms with Gasteiger partial charge in [0.1, 0.15) is 11.5 Å². The first kappa shape index (κ1) is 25.0. The first-order valence-corrected chi connectivity index (χ1v) is 11.7. The van der Waals surface area contributed by atoms with Gasteiger partial charge in [-0.05, 0) is 79.8 Å². The highest BCUT2D eigenvalue weighted by molar-refractivity contribution is 5.96. The Bertz CT molecular complexity index is 1160. The normalized spacial score (nSPS) is 11.6. The molecule has 0 aliphatic carbocycles. The zero-order chi connectivity index (χ0) is 24.5. The number of carbonyl (C=O) groups is 2. The Morgan fingerprint density at radius 1 is 1.03 bits per heavy atom. The van der Waals surface area contributed by atoms with Gasteiger partial charge in [0.2, 0.25) is 0 Å². The van der Waals surface area contributed by atoms with Gasteiger partial charge in [-0.1, -0.05) is 49.8 Å². The Morgan fingerprint density at radius 3 is 2.56 bits per heavy atom. The summed E-state index contributed by atoms with van der Waals surface area (Å²) in [4.78, 5) is 23.9. The van der Waals surface area contributed by atoms with Crippen LogP contribution < -0.4 is 9.47 Å². The van der Waals surface area contributed by atoms with Crippen molar-refractivity contribution in [3.63, 3.8) is 0 Å². The monoisotopic (exact) mass is 460 g/mol. The Balaban J connectivity index is 1.63. The third-order valence-corrected chi connectivity index (χ3v) is 5.49. The summed E-state index contributed by atoms with van der Waals surface area (Å²) in [6.07, 6.45) is 4.44. The van der Waals surface area contributed by atoms with Crippen molar-refractivity contribution in [1.29, 1.82) is 0 Å². The van der Waals surface area contributed by atoms with Crippen LogP contribution in [0, 0.1) is 6.92 Å². The van der Waals surface area contributed by atoms with Crippen molar-refractivity contribution >= 4 is 22.7 Å². The lowest BCUT2D eigenvalue weighted by molar-refractivity contribution is -0.137. The van der Waals surface area contributed by atoms with Crippen LogP contribution in [0.4, 0.5) is 0 Å². The molecule has 0 aromatic heterocycles. The first-order chi connectivity index (χ1) is 16.4. The van der Waals surface area contributed by atoms with Crippen LogP contribution in [0.1, 0.15) is 54.6 Å². The first-order valence-electron chi connectivity index (χ1n) is 11.7. The second-order valence-electron chi connectivity index (χ2n) is 8.42. The smallest absolute Gasteiger partial charge is 0.343 e. The molecule has 3 aromatic rings. The van der Waals surface area contributed by atoms with Crippen LogP contribution in [0.3, 0.4) is 0 Å². The summed E-state index contributed by atoms with van der Waals surface area (Å²) in [5.74, 6) is 0.595. The Morgan fingerprint density at radius 2 is 1.79 bits per heavy atom. The third kappa shape index (κ3) is 6.95. The summed E-state index contributed by atoms with van der Waals surface area (Å²) >= 11 is 0. The van der Waals surface area contributed by atoms with Crippen LogP contribution in [-0.4, -0.2) is 24.6 Å². The Hall–Kier alpha value is -3.60. The lowest BCUT2D eigenvalue weighted by Crippen LogP contribution is -2.13. The SMILES string of the molecule is C=CC(=O)OCCCC(C)Oc1ccc2cc(C(=O)Oc3ccc(C)cc3CCC)ccc2c1. The highest BCUT2D eigenvalue weighted by Crippen LogP contribution is 2.26. The van der Waals surface area contributed by atoms with E-state index >= 15 is 0 Å². The van der Waals surface area contributed by atoms with Gasteiger partial charge in [-0.3, -0.25) is 0 Å². The van der Waals surface area contributed by atoms with Crippen LogP contribution in [-0.2, 0) is 16.0 Å². The lowest BCUT2D eigenvalue weighted by atomic mass is 10.1. The van der Waals surface area contributed by atoms with Gasteiger partial charge in [0.15, 0.2) is 0 Å². The van der Waals surface area contributed by atoms with Gasteiger partial charge in [-0.2, -0.15) is 0 Å². The fraction of sp³-hybridized carbons (Fsp3) is 0.310. The van der Waals surface area contributed by atoms with E-state index in [1.54, 1.807) is 6.07 Å². The molecule has 1 atom stereocenters. The molecule has 0 N–H and O–H groups in total. The molecule has 0 amide bonds. The standard InChI is InChI=1S/C29H32O5/c1-5-8-24-17-20(3)10-15-27(24)34-29(31)25-12-11-23-19-26(14-13-22(23)18-25)33-21(4)9-7-16-32-28(30)6-2/h6,10-15,17-19,21H,2,5,7-9,16H2,1,3-4H3. The fourth-order valence-electron chi connectivity index (χ4n) is 3.75. The maximum Gasteiger partial charge on any atom is 0.343 e. The number of hydrogen-bond donors (Lipinski definition) is 0. The molecular formula is C29H32O5. The predicted molar refractivity (Wildman–Crippen MR) is 135 cm³/mol. The lowest BCUT2D eigenvalue weighted by Gasteiger charge is -2.15. The number of esters is 2. The summed E-state index contributed by atoms with van der Waals surface area (Å²) in [7, 11) is 0. The van der Waals surface area contributed by atoms with E-state index in [2.05, 4.69) is 19.6 Å². The molecule has 178 valence electrons. The topological polar surface area (TPSA) is 61.8 Å². The molecule has 3 rings (SSSR count). The molecule has 0 saturated heterocycles. The van der Waals surface area contributed by atoms with E-state index in [1.807, 2.05) is 56.3 Å². The van der Waals surface area contributed by atoms with Gasteiger partial charge in [0.25, 0.3) is 0 Å². The van der Waals surface area contributed by atoms with Gasteiger partial charge in [-0.25, -0.2) is 9.59 Å². The predicted octanol–water partition coefficient (Wildman–Crippen LogP) is 6.60. The van der Waals surface area contributed by atoms with Gasteiger partial charge < -0.3 is 14.2 Å². The Labute approximate surface area is 201 Å². The molecule has 1 unspecified atom stereocenters. The number of rotatable bonds is 11. The molecule has 34 heavy (non-hydrogen) atoms. The van der Waals surface area contributed by atoms with E-state index in [1.165, 1.54) is 0 Å². The zero-order valence-electron chi connectivity index (χ0n) is 20.1. The van der Waals surface area contributed by atoms with Crippen LogP contribution in [0.25, 0.3) is 10.8 Å². The van der Waals surface area contributed by atoms with Crippen LogP contribution >= 0.6 is 0 Å². The second-order valence-corrected chi connectivity index (χ2v) is 8.42. The summed E-state index contributed by atoms with van der Waals surface area (Å²) in [5, 5.41) is 1.91. The maximum absolute atomic E-state index is 12.8. The van der Waals surface area contributed by atoms with Crippen molar-refractivity contribution < 1.29 is 23.8 Å². The largest absolute Gasteiger partial charge is 0.491 e. The van der Waals surface area contributed by atoms with Crippen molar-refractivity contribution in [3.8, 4) is 11.5 Å². The van der Waals surface area contributed by atoms with Gasteiger partial charge in [-0.15, -0.1) is 0 Å². The van der Waals surface area contributed by atoms with Gasteiger partial charge in [0, 0.05) is 6.08 Å². The minimum absolute atomic E-state index is 0.0269. The molecule has 5 nitrogen and oxygen atoms in total. The van der Waals surface area contributed by atoms with Crippen molar-refractivity contribution in [3.05, 3.63) is 83.9 Å². The second kappa shape index (κ2) is 12.0. The quantitative estimate of drug-likeness (QED) is 0.140. The molecule has 0 aliphatic heterocycles. The van der Waals surface area contributed by atoms with Crippen molar-refractivity contribution in [2.45, 2.75) is 52.6 Å². The summed E-state index contributed by atoms with van der Waals surface area (Å²) in [5.41, 5.74) is 2.70. The molecule has 5 heteroatoms. The summed E-state index contributed by atoms with van der Waals surface area (Å²) < 4.78 is 16.7. The molecular weight excluding hydrogens is 428 g/mol. The maximum atomic E-state index is 12.8. The van der Waals surface area contributed by atoms with E-state index in [0.29, 0.717) is 24.3 Å². The zero-order valence-corrected chi connectivity index (χ0v) is 20.1. The van der Waals surface area contributed by atoms with E-state index < -0.39 is 5.97 Å². The molecule has 3 aromatic carbocycles.